The molecule has 1 aliphatic heterocycles. The Morgan fingerprint density at radius 2 is 1.97 bits per heavy atom. The Balaban J connectivity index is 1.51. The SMILES string of the molecule is CC(=O)N[C@@H](C)c1ccc(O[C@@H]2CCN(c3ccc(OCC(C)(C)F)cn3)C2)cc1. The summed E-state index contributed by atoms with van der Waals surface area (Å²) in [6.45, 7) is 8.03. The van der Waals surface area contributed by atoms with Gasteiger partial charge in [-0.25, -0.2) is 9.37 Å². The molecule has 162 valence electrons. The van der Waals surface area contributed by atoms with Gasteiger partial charge < -0.3 is 19.7 Å². The molecular weight excluding hydrogens is 385 g/mol. The highest BCUT2D eigenvalue weighted by Crippen LogP contribution is 2.25. The lowest BCUT2D eigenvalue weighted by molar-refractivity contribution is -0.119. The van der Waals surface area contributed by atoms with E-state index < -0.39 is 5.67 Å². The molecule has 1 N–H and O–H groups in total. The number of nitrogens with zero attached hydrogens (tertiary/aromatic N) is 2. The third-order valence-electron chi connectivity index (χ3n) is 4.87. The van der Waals surface area contributed by atoms with Crippen molar-refractivity contribution in [3.63, 3.8) is 0 Å². The number of amides is 1. The number of hydrogen-bond donors (Lipinski definition) is 1. The van der Waals surface area contributed by atoms with Gasteiger partial charge in [0.25, 0.3) is 0 Å². The van der Waals surface area contributed by atoms with Gasteiger partial charge in [-0.3, -0.25) is 4.79 Å². The minimum Gasteiger partial charge on any atom is -0.489 e. The number of benzene rings is 1. The number of carbonyl (C=O) groups excluding carboxylic acids is 1. The molecule has 30 heavy (non-hydrogen) atoms. The van der Waals surface area contributed by atoms with Crippen LogP contribution in [0, 0.1) is 0 Å². The third-order valence-corrected chi connectivity index (χ3v) is 4.87. The first-order chi connectivity index (χ1) is 14.2. The van der Waals surface area contributed by atoms with E-state index in [1.807, 2.05) is 43.3 Å². The molecule has 2 atom stereocenters. The van der Waals surface area contributed by atoms with Crippen LogP contribution in [-0.2, 0) is 4.79 Å². The monoisotopic (exact) mass is 415 g/mol. The van der Waals surface area contributed by atoms with Gasteiger partial charge in [0.05, 0.1) is 18.8 Å². The van der Waals surface area contributed by atoms with E-state index in [1.165, 1.54) is 20.8 Å². The zero-order valence-corrected chi connectivity index (χ0v) is 18.0. The van der Waals surface area contributed by atoms with Gasteiger partial charge in [-0.05, 0) is 50.6 Å². The summed E-state index contributed by atoms with van der Waals surface area (Å²) < 4.78 is 25.1. The number of hydrogen-bond acceptors (Lipinski definition) is 5. The lowest BCUT2D eigenvalue weighted by Crippen LogP contribution is -2.25. The standard InChI is InChI=1S/C23H30FN3O3/c1-16(26-17(2)28)18-5-7-19(8-6-18)30-21-11-12-27(14-21)22-10-9-20(13-25-22)29-15-23(3,4)24/h5-10,13,16,21H,11-12,14-15H2,1-4H3,(H,26,28)/t16-,21+/m0/s1. The van der Waals surface area contributed by atoms with Crippen LogP contribution in [-0.4, -0.2) is 42.4 Å². The molecule has 6 nitrogen and oxygen atoms in total. The molecule has 0 radical (unpaired) electrons. The highest BCUT2D eigenvalue weighted by Gasteiger charge is 2.25. The summed E-state index contributed by atoms with van der Waals surface area (Å²) in [5, 5.41) is 2.87. The minimum atomic E-state index is -1.38. The van der Waals surface area contributed by atoms with E-state index >= 15 is 0 Å². The smallest absolute Gasteiger partial charge is 0.217 e. The van der Waals surface area contributed by atoms with Crippen LogP contribution in [0.4, 0.5) is 10.2 Å². The molecule has 0 saturated carbocycles. The van der Waals surface area contributed by atoms with Crippen LogP contribution in [0.5, 0.6) is 11.5 Å². The van der Waals surface area contributed by atoms with Crippen molar-refractivity contribution >= 4 is 11.7 Å². The zero-order chi connectivity index (χ0) is 21.7. The number of carbonyl (C=O) groups is 1. The fraction of sp³-hybridized carbons (Fsp3) is 0.478. The van der Waals surface area contributed by atoms with Crippen molar-refractivity contribution in [2.24, 2.45) is 0 Å². The molecule has 1 aromatic heterocycles. The van der Waals surface area contributed by atoms with Crippen molar-refractivity contribution in [3.05, 3.63) is 48.2 Å². The van der Waals surface area contributed by atoms with Crippen LogP contribution in [0.15, 0.2) is 42.6 Å². The van der Waals surface area contributed by atoms with Gasteiger partial charge >= 0.3 is 0 Å². The van der Waals surface area contributed by atoms with Crippen molar-refractivity contribution < 1.29 is 18.7 Å². The Morgan fingerprint density at radius 3 is 2.57 bits per heavy atom. The molecule has 2 aromatic rings. The van der Waals surface area contributed by atoms with Crippen LogP contribution in [0.25, 0.3) is 0 Å². The van der Waals surface area contributed by atoms with E-state index in [2.05, 4.69) is 15.2 Å². The largest absolute Gasteiger partial charge is 0.489 e. The molecule has 0 aliphatic carbocycles. The average molecular weight is 416 g/mol. The molecule has 1 amide bonds. The number of halogens is 1. The van der Waals surface area contributed by atoms with Crippen LogP contribution in [0.2, 0.25) is 0 Å². The summed E-state index contributed by atoms with van der Waals surface area (Å²) in [7, 11) is 0. The maximum atomic E-state index is 13.5. The van der Waals surface area contributed by atoms with Crippen molar-refractivity contribution in [2.45, 2.75) is 51.9 Å². The summed E-state index contributed by atoms with van der Waals surface area (Å²) >= 11 is 0. The summed E-state index contributed by atoms with van der Waals surface area (Å²) in [6, 6.07) is 11.5. The van der Waals surface area contributed by atoms with E-state index in [9.17, 15) is 9.18 Å². The Bertz CT molecular complexity index is 834. The van der Waals surface area contributed by atoms with Crippen LogP contribution >= 0.6 is 0 Å². The Kier molecular flexibility index (Phi) is 6.80. The van der Waals surface area contributed by atoms with E-state index in [0.29, 0.717) is 5.75 Å². The predicted octanol–water partition coefficient (Wildman–Crippen LogP) is 4.06. The average Bonchev–Trinajstić information content (AvgIpc) is 3.15. The number of aromatic nitrogens is 1. The molecule has 3 rings (SSSR count). The first kappa shape index (κ1) is 21.9. The number of rotatable bonds is 8. The number of pyridine rings is 1. The summed E-state index contributed by atoms with van der Waals surface area (Å²) in [6.07, 6.45) is 2.61. The first-order valence-electron chi connectivity index (χ1n) is 10.3. The molecule has 0 unspecified atom stereocenters. The molecule has 2 heterocycles. The van der Waals surface area contributed by atoms with Gasteiger partial charge in [-0.2, -0.15) is 0 Å². The van der Waals surface area contributed by atoms with Crippen molar-refractivity contribution in [3.8, 4) is 11.5 Å². The van der Waals surface area contributed by atoms with Crippen molar-refractivity contribution in [2.75, 3.05) is 24.6 Å². The molecule has 1 aromatic carbocycles. The van der Waals surface area contributed by atoms with Crippen molar-refractivity contribution in [1.29, 1.82) is 0 Å². The van der Waals surface area contributed by atoms with Gasteiger partial charge in [0.15, 0.2) is 0 Å². The third kappa shape index (κ3) is 6.34. The highest BCUT2D eigenvalue weighted by molar-refractivity contribution is 5.73. The Labute approximate surface area is 177 Å². The predicted molar refractivity (Wildman–Crippen MR) is 115 cm³/mol. The zero-order valence-electron chi connectivity index (χ0n) is 18.0. The number of nitrogens with one attached hydrogen (secondary N) is 1. The lowest BCUT2D eigenvalue weighted by atomic mass is 10.1. The normalized spacial score (nSPS) is 17.5. The second kappa shape index (κ2) is 9.32. The second-order valence-corrected chi connectivity index (χ2v) is 8.33. The molecule has 0 spiro atoms. The lowest BCUT2D eigenvalue weighted by Gasteiger charge is -2.19. The molecule has 1 fully saturated rings. The van der Waals surface area contributed by atoms with Crippen LogP contribution in [0.1, 0.15) is 45.7 Å². The quantitative estimate of drug-likeness (QED) is 0.704. The summed E-state index contributed by atoms with van der Waals surface area (Å²) in [5.74, 6) is 2.18. The number of ether oxygens (including phenoxy) is 2. The van der Waals surface area contributed by atoms with Gasteiger partial charge in [-0.1, -0.05) is 12.1 Å². The van der Waals surface area contributed by atoms with Gasteiger partial charge in [0.1, 0.15) is 35.7 Å². The second-order valence-electron chi connectivity index (χ2n) is 8.33. The van der Waals surface area contributed by atoms with E-state index in [4.69, 9.17) is 9.47 Å². The fourth-order valence-corrected chi connectivity index (χ4v) is 3.35. The van der Waals surface area contributed by atoms with E-state index in [-0.39, 0.29) is 24.7 Å². The molecule has 1 aliphatic rings. The molecule has 0 bridgehead atoms. The van der Waals surface area contributed by atoms with Gasteiger partial charge in [0.2, 0.25) is 5.91 Å². The Hall–Kier alpha value is -2.83. The highest BCUT2D eigenvalue weighted by atomic mass is 19.1. The summed E-state index contributed by atoms with van der Waals surface area (Å²) in [4.78, 5) is 17.8. The number of anilines is 1. The van der Waals surface area contributed by atoms with Crippen LogP contribution in [0.3, 0.4) is 0 Å². The Morgan fingerprint density at radius 1 is 1.27 bits per heavy atom. The van der Waals surface area contributed by atoms with Crippen LogP contribution < -0.4 is 19.7 Å². The van der Waals surface area contributed by atoms with Gasteiger partial charge in [0, 0.05) is 19.9 Å². The number of alkyl halides is 1. The molecular formula is C23H30FN3O3. The summed E-state index contributed by atoms with van der Waals surface area (Å²) in [5.41, 5.74) is -0.341. The molecule has 7 heteroatoms. The fourth-order valence-electron chi connectivity index (χ4n) is 3.35. The molecule has 1 saturated heterocycles. The van der Waals surface area contributed by atoms with E-state index in [0.717, 1.165) is 36.6 Å². The minimum absolute atomic E-state index is 0.00393. The van der Waals surface area contributed by atoms with Gasteiger partial charge in [-0.15, -0.1) is 0 Å². The first-order valence-corrected chi connectivity index (χ1v) is 10.3. The van der Waals surface area contributed by atoms with E-state index in [1.54, 1.807) is 6.20 Å². The maximum absolute atomic E-state index is 13.5. The maximum Gasteiger partial charge on any atom is 0.217 e. The topological polar surface area (TPSA) is 63.7 Å². The van der Waals surface area contributed by atoms with Crippen molar-refractivity contribution in [1.82, 2.24) is 10.3 Å².